The number of thiazole rings is 1. The molecule has 3 aromatic heterocycles. The topological polar surface area (TPSA) is 100 Å². The second-order valence-corrected chi connectivity index (χ2v) is 9.30. The number of nitrogens with one attached hydrogen (secondary N) is 1. The molecule has 0 saturated heterocycles. The highest BCUT2D eigenvalue weighted by Gasteiger charge is 2.19. The van der Waals surface area contributed by atoms with Crippen molar-refractivity contribution in [3.05, 3.63) is 82.0 Å². The number of nitrogens with zero attached hydrogens (tertiary/aromatic N) is 4. The molecule has 4 heterocycles. The summed E-state index contributed by atoms with van der Waals surface area (Å²) in [5.41, 5.74) is 5.11. The minimum atomic E-state index is -0.346. The van der Waals surface area contributed by atoms with Gasteiger partial charge in [0, 0.05) is 34.1 Å². The predicted molar refractivity (Wildman–Crippen MR) is 137 cm³/mol. The number of hydrogen-bond donors (Lipinski definition) is 1. The normalized spacial score (nSPS) is 12.3. The number of fused-ring (bicyclic) bond motifs is 2. The number of amides is 1. The molecular formula is C26H21N5O4S. The summed E-state index contributed by atoms with van der Waals surface area (Å²) in [4.78, 5) is 34.2. The molecule has 0 saturated carbocycles. The zero-order chi connectivity index (χ0) is 24.8. The first-order chi connectivity index (χ1) is 17.5. The van der Waals surface area contributed by atoms with Gasteiger partial charge in [0.2, 0.25) is 12.7 Å². The van der Waals surface area contributed by atoms with Crippen LogP contribution in [0.4, 0.5) is 5.13 Å². The number of benzene rings is 2. The second-order valence-electron chi connectivity index (χ2n) is 8.44. The molecule has 36 heavy (non-hydrogen) atoms. The van der Waals surface area contributed by atoms with Gasteiger partial charge in [-0.15, -0.1) is 11.3 Å². The Hall–Kier alpha value is -4.44. The van der Waals surface area contributed by atoms with Crippen molar-refractivity contribution < 1.29 is 14.3 Å². The first-order valence-corrected chi connectivity index (χ1v) is 12.1. The minimum absolute atomic E-state index is 0.149. The van der Waals surface area contributed by atoms with Gasteiger partial charge in [-0.3, -0.25) is 14.2 Å². The number of anilines is 1. The molecule has 2 aromatic carbocycles. The lowest BCUT2D eigenvalue weighted by Crippen LogP contribution is -2.27. The summed E-state index contributed by atoms with van der Waals surface area (Å²) in [7, 11) is 0. The number of ether oxygens (including phenoxy) is 2. The Bertz CT molecular complexity index is 1700. The molecule has 0 aliphatic carbocycles. The van der Waals surface area contributed by atoms with E-state index < -0.39 is 0 Å². The van der Waals surface area contributed by atoms with Crippen LogP contribution in [-0.4, -0.2) is 31.8 Å². The highest BCUT2D eigenvalue weighted by molar-refractivity contribution is 7.14. The Morgan fingerprint density at radius 3 is 2.83 bits per heavy atom. The standard InChI is InChI=1S/C26H21N5O4S/c1-15-9-19(16(2)31(15)17-7-8-22-23(10-17)35-14-34-22)21-12-36-26(28-21)29-24(32)11-30-13-27-20-6-4-3-5-18(20)25(30)33/h3-10,12-13H,11,14H2,1-2H3,(H,28,29,32). The van der Waals surface area contributed by atoms with Crippen molar-refractivity contribution in [1.82, 2.24) is 19.1 Å². The first kappa shape index (κ1) is 22.1. The molecule has 5 aromatic rings. The summed E-state index contributed by atoms with van der Waals surface area (Å²) in [5, 5.41) is 5.65. The number of aryl methyl sites for hydroxylation is 1. The van der Waals surface area contributed by atoms with Gasteiger partial charge in [-0.2, -0.15) is 0 Å². The van der Waals surface area contributed by atoms with Crippen LogP contribution in [0.5, 0.6) is 11.5 Å². The van der Waals surface area contributed by atoms with Crippen molar-refractivity contribution in [2.24, 2.45) is 0 Å². The van der Waals surface area contributed by atoms with Gasteiger partial charge >= 0.3 is 0 Å². The zero-order valence-corrected chi connectivity index (χ0v) is 20.3. The van der Waals surface area contributed by atoms with E-state index in [-0.39, 0.29) is 24.8 Å². The summed E-state index contributed by atoms with van der Waals surface area (Å²) in [6.07, 6.45) is 1.39. The third kappa shape index (κ3) is 3.81. The van der Waals surface area contributed by atoms with Crippen LogP contribution in [0.2, 0.25) is 0 Å². The molecule has 0 atom stereocenters. The Morgan fingerprint density at radius 2 is 1.94 bits per heavy atom. The maximum absolute atomic E-state index is 12.7. The lowest BCUT2D eigenvalue weighted by Gasteiger charge is -2.10. The van der Waals surface area contributed by atoms with Gasteiger partial charge < -0.3 is 19.4 Å². The number of carbonyl (C=O) groups excluding carboxylic acids is 1. The largest absolute Gasteiger partial charge is 0.454 e. The molecule has 0 bridgehead atoms. The number of aromatic nitrogens is 4. The first-order valence-electron chi connectivity index (χ1n) is 11.3. The Kier molecular flexibility index (Phi) is 5.30. The van der Waals surface area contributed by atoms with Crippen molar-refractivity contribution in [3.8, 4) is 28.4 Å². The van der Waals surface area contributed by atoms with Crippen molar-refractivity contribution in [3.63, 3.8) is 0 Å². The van der Waals surface area contributed by atoms with Crippen molar-refractivity contribution in [1.29, 1.82) is 0 Å². The maximum atomic E-state index is 12.7. The van der Waals surface area contributed by atoms with Crippen LogP contribution >= 0.6 is 11.3 Å². The van der Waals surface area contributed by atoms with Gasteiger partial charge in [0.25, 0.3) is 5.56 Å². The number of hydrogen-bond acceptors (Lipinski definition) is 7. The molecule has 180 valence electrons. The molecule has 1 amide bonds. The summed E-state index contributed by atoms with van der Waals surface area (Å²) in [6.45, 7) is 4.15. The predicted octanol–water partition coefficient (Wildman–Crippen LogP) is 4.29. The molecule has 6 rings (SSSR count). The van der Waals surface area contributed by atoms with E-state index in [9.17, 15) is 9.59 Å². The average molecular weight is 500 g/mol. The van der Waals surface area contributed by atoms with Crippen LogP contribution < -0.4 is 20.3 Å². The molecular weight excluding hydrogens is 478 g/mol. The zero-order valence-electron chi connectivity index (χ0n) is 19.5. The summed E-state index contributed by atoms with van der Waals surface area (Å²) < 4.78 is 14.4. The smallest absolute Gasteiger partial charge is 0.261 e. The van der Waals surface area contributed by atoms with Crippen LogP contribution in [0.3, 0.4) is 0 Å². The SMILES string of the molecule is Cc1cc(-c2csc(NC(=O)Cn3cnc4ccccc4c3=O)n2)c(C)n1-c1ccc2c(c1)OCO2. The second kappa shape index (κ2) is 8.65. The molecule has 9 nitrogen and oxygen atoms in total. The van der Waals surface area contributed by atoms with Crippen LogP contribution in [0.1, 0.15) is 11.4 Å². The summed E-state index contributed by atoms with van der Waals surface area (Å²) >= 11 is 1.33. The number of rotatable bonds is 5. The van der Waals surface area contributed by atoms with Crippen LogP contribution in [-0.2, 0) is 11.3 Å². The van der Waals surface area contributed by atoms with E-state index in [1.54, 1.807) is 18.2 Å². The molecule has 1 N–H and O–H groups in total. The highest BCUT2D eigenvalue weighted by Crippen LogP contribution is 2.36. The number of carbonyl (C=O) groups is 1. The maximum Gasteiger partial charge on any atom is 0.261 e. The molecule has 10 heteroatoms. The third-order valence-electron chi connectivity index (χ3n) is 6.12. The number of para-hydroxylation sites is 1. The van der Waals surface area contributed by atoms with Gasteiger partial charge in [-0.25, -0.2) is 9.97 Å². The summed E-state index contributed by atoms with van der Waals surface area (Å²) in [5.74, 6) is 1.12. The van der Waals surface area contributed by atoms with Crippen LogP contribution in [0, 0.1) is 13.8 Å². The van der Waals surface area contributed by atoms with E-state index in [0.29, 0.717) is 16.0 Å². The van der Waals surface area contributed by atoms with E-state index in [0.717, 1.165) is 39.8 Å². The van der Waals surface area contributed by atoms with Crippen molar-refractivity contribution >= 4 is 33.3 Å². The van der Waals surface area contributed by atoms with Gasteiger partial charge in [-0.1, -0.05) is 12.1 Å². The fraction of sp³-hybridized carbons (Fsp3) is 0.154. The molecule has 1 aliphatic heterocycles. The van der Waals surface area contributed by atoms with E-state index in [1.807, 2.05) is 43.5 Å². The van der Waals surface area contributed by atoms with Crippen molar-refractivity contribution in [2.75, 3.05) is 12.1 Å². The summed E-state index contributed by atoms with van der Waals surface area (Å²) in [6, 6.07) is 15.0. The quantitative estimate of drug-likeness (QED) is 0.387. The molecule has 1 aliphatic rings. The van der Waals surface area contributed by atoms with Gasteiger partial charge in [0.05, 0.1) is 22.9 Å². The molecule has 0 spiro atoms. The average Bonchev–Trinajstić information content (AvgIpc) is 3.59. The van der Waals surface area contributed by atoms with Gasteiger partial charge in [0.1, 0.15) is 6.54 Å². The minimum Gasteiger partial charge on any atom is -0.454 e. The fourth-order valence-corrected chi connectivity index (χ4v) is 5.16. The van der Waals surface area contributed by atoms with E-state index in [1.165, 1.54) is 22.2 Å². The lowest BCUT2D eigenvalue weighted by atomic mass is 10.2. The van der Waals surface area contributed by atoms with E-state index in [2.05, 4.69) is 25.9 Å². The molecule has 0 unspecified atom stereocenters. The van der Waals surface area contributed by atoms with E-state index >= 15 is 0 Å². The van der Waals surface area contributed by atoms with Crippen molar-refractivity contribution in [2.45, 2.75) is 20.4 Å². The fourth-order valence-electron chi connectivity index (χ4n) is 4.43. The third-order valence-corrected chi connectivity index (χ3v) is 6.88. The Morgan fingerprint density at radius 1 is 1.11 bits per heavy atom. The van der Waals surface area contributed by atoms with Gasteiger partial charge in [-0.05, 0) is 44.2 Å². The van der Waals surface area contributed by atoms with Gasteiger partial charge in [0.15, 0.2) is 16.6 Å². The Balaban J connectivity index is 1.22. The molecule has 0 radical (unpaired) electrons. The monoisotopic (exact) mass is 499 g/mol. The highest BCUT2D eigenvalue weighted by atomic mass is 32.1. The van der Waals surface area contributed by atoms with Crippen LogP contribution in [0.15, 0.2) is 65.0 Å². The lowest BCUT2D eigenvalue weighted by molar-refractivity contribution is -0.116. The van der Waals surface area contributed by atoms with E-state index in [4.69, 9.17) is 9.47 Å². The van der Waals surface area contributed by atoms with Crippen LogP contribution in [0.25, 0.3) is 27.8 Å². The Labute approximate surface area is 209 Å². The molecule has 0 fully saturated rings.